The van der Waals surface area contributed by atoms with Crippen LogP contribution in [-0.4, -0.2) is 9.55 Å². The quantitative estimate of drug-likeness (QED) is 0.703. The van der Waals surface area contributed by atoms with Gasteiger partial charge in [0.05, 0.1) is 5.02 Å². The third-order valence-electron chi connectivity index (χ3n) is 2.43. The topological polar surface area (TPSA) is 17.8 Å². The van der Waals surface area contributed by atoms with E-state index >= 15 is 0 Å². The van der Waals surface area contributed by atoms with Crippen molar-refractivity contribution in [3.05, 3.63) is 29.0 Å². The molecule has 2 nitrogen and oxygen atoms in total. The van der Waals surface area contributed by atoms with Crippen molar-refractivity contribution >= 4 is 22.6 Å². The second-order valence-corrected chi connectivity index (χ2v) is 4.31. The number of aryl methyl sites for hydroxylation is 1. The molecule has 0 aliphatic rings. The summed E-state index contributed by atoms with van der Waals surface area (Å²) in [7, 11) is 2.01. The van der Waals surface area contributed by atoms with Gasteiger partial charge in [0, 0.05) is 24.8 Å². The Morgan fingerprint density at radius 1 is 1.43 bits per heavy atom. The minimum absolute atomic E-state index is 0.499. The van der Waals surface area contributed by atoms with Crippen LogP contribution in [0.3, 0.4) is 0 Å². The third-order valence-corrected chi connectivity index (χ3v) is 2.64. The van der Waals surface area contributed by atoms with Gasteiger partial charge in [0.1, 0.15) is 5.65 Å². The lowest BCUT2D eigenvalue weighted by molar-refractivity contribution is 0.855. The Hall–Kier alpha value is -1.02. The molecule has 0 aliphatic heterocycles. The third kappa shape index (κ3) is 1.40. The Kier molecular flexibility index (Phi) is 2.23. The summed E-state index contributed by atoms with van der Waals surface area (Å²) in [5, 5.41) is 1.86. The Balaban J connectivity index is 2.79. The van der Waals surface area contributed by atoms with E-state index in [1.54, 1.807) is 6.20 Å². The van der Waals surface area contributed by atoms with Crippen LogP contribution >= 0.6 is 11.6 Å². The van der Waals surface area contributed by atoms with Gasteiger partial charge in [-0.3, -0.25) is 0 Å². The summed E-state index contributed by atoms with van der Waals surface area (Å²) in [6.07, 6.45) is 3.81. The van der Waals surface area contributed by atoms with E-state index in [1.165, 1.54) is 5.56 Å². The molecule has 0 saturated heterocycles. The molecule has 0 bridgehead atoms. The molecule has 0 spiro atoms. The van der Waals surface area contributed by atoms with E-state index in [0.29, 0.717) is 10.9 Å². The number of halogens is 1. The van der Waals surface area contributed by atoms with Crippen LogP contribution in [-0.2, 0) is 7.05 Å². The number of pyridine rings is 1. The Morgan fingerprint density at radius 3 is 2.79 bits per heavy atom. The number of aromatic nitrogens is 2. The van der Waals surface area contributed by atoms with Gasteiger partial charge in [-0.25, -0.2) is 4.98 Å². The minimum atomic E-state index is 0.499. The lowest BCUT2D eigenvalue weighted by atomic mass is 10.0. The van der Waals surface area contributed by atoms with Crippen molar-refractivity contribution in [1.82, 2.24) is 9.55 Å². The summed E-state index contributed by atoms with van der Waals surface area (Å²) < 4.78 is 2.04. The fraction of sp³-hybridized carbons (Fsp3) is 0.364. The SMILES string of the molecule is CC(C)c1cn(C)c2ncc(Cl)cc12. The van der Waals surface area contributed by atoms with Crippen molar-refractivity contribution in [2.45, 2.75) is 19.8 Å². The van der Waals surface area contributed by atoms with E-state index in [-0.39, 0.29) is 0 Å². The van der Waals surface area contributed by atoms with Crippen molar-refractivity contribution < 1.29 is 0 Å². The van der Waals surface area contributed by atoms with E-state index in [0.717, 1.165) is 11.0 Å². The zero-order valence-electron chi connectivity index (χ0n) is 8.58. The zero-order chi connectivity index (χ0) is 10.3. The molecule has 0 aliphatic carbocycles. The fourth-order valence-electron chi connectivity index (χ4n) is 1.72. The van der Waals surface area contributed by atoms with Gasteiger partial charge in [-0.1, -0.05) is 25.4 Å². The highest BCUT2D eigenvalue weighted by atomic mass is 35.5. The molecule has 0 amide bonds. The second kappa shape index (κ2) is 3.28. The molecule has 0 radical (unpaired) electrons. The highest BCUT2D eigenvalue weighted by Gasteiger charge is 2.10. The number of hydrogen-bond acceptors (Lipinski definition) is 1. The largest absolute Gasteiger partial charge is 0.335 e. The molecule has 14 heavy (non-hydrogen) atoms. The maximum atomic E-state index is 5.93. The molecule has 0 unspecified atom stereocenters. The maximum absolute atomic E-state index is 5.93. The smallest absolute Gasteiger partial charge is 0.139 e. The Bertz CT molecular complexity index is 471. The molecule has 0 atom stereocenters. The van der Waals surface area contributed by atoms with E-state index < -0.39 is 0 Å². The molecule has 0 aromatic carbocycles. The number of hydrogen-bond donors (Lipinski definition) is 0. The molecule has 0 saturated carbocycles. The van der Waals surface area contributed by atoms with Crippen LogP contribution in [0.1, 0.15) is 25.3 Å². The van der Waals surface area contributed by atoms with E-state index in [2.05, 4.69) is 25.0 Å². The molecular formula is C11H13ClN2. The van der Waals surface area contributed by atoms with E-state index in [9.17, 15) is 0 Å². The van der Waals surface area contributed by atoms with Crippen LogP contribution in [0.5, 0.6) is 0 Å². The number of fused-ring (bicyclic) bond motifs is 1. The Labute approximate surface area is 88.5 Å². The monoisotopic (exact) mass is 208 g/mol. The first kappa shape index (κ1) is 9.53. The first-order chi connectivity index (χ1) is 6.59. The van der Waals surface area contributed by atoms with Crippen LogP contribution in [0, 0.1) is 0 Å². The minimum Gasteiger partial charge on any atom is -0.335 e. The van der Waals surface area contributed by atoms with Gasteiger partial charge in [-0.05, 0) is 17.5 Å². The summed E-state index contributed by atoms with van der Waals surface area (Å²) in [5.74, 6) is 0.499. The van der Waals surface area contributed by atoms with Gasteiger partial charge in [0.25, 0.3) is 0 Å². The maximum Gasteiger partial charge on any atom is 0.139 e. The summed E-state index contributed by atoms with van der Waals surface area (Å²) in [5.41, 5.74) is 2.30. The summed E-state index contributed by atoms with van der Waals surface area (Å²) in [6, 6.07) is 1.99. The van der Waals surface area contributed by atoms with E-state index in [4.69, 9.17) is 11.6 Å². The standard InChI is InChI=1S/C11H13ClN2/c1-7(2)10-6-14(3)11-9(10)4-8(12)5-13-11/h4-7H,1-3H3. The lowest BCUT2D eigenvalue weighted by Crippen LogP contribution is -1.86. The van der Waals surface area contributed by atoms with Gasteiger partial charge in [-0.2, -0.15) is 0 Å². The molecule has 74 valence electrons. The predicted octanol–water partition coefficient (Wildman–Crippen LogP) is 3.35. The Morgan fingerprint density at radius 2 is 2.14 bits per heavy atom. The highest BCUT2D eigenvalue weighted by Crippen LogP contribution is 2.27. The number of nitrogens with zero attached hydrogens (tertiary/aromatic N) is 2. The molecule has 3 heteroatoms. The molecule has 2 aromatic rings. The van der Waals surface area contributed by atoms with Gasteiger partial charge >= 0.3 is 0 Å². The van der Waals surface area contributed by atoms with Crippen molar-refractivity contribution in [3.63, 3.8) is 0 Å². The molecule has 0 fully saturated rings. The van der Waals surface area contributed by atoms with Crippen LogP contribution in [0.4, 0.5) is 0 Å². The first-order valence-electron chi connectivity index (χ1n) is 4.70. The van der Waals surface area contributed by atoms with Crippen molar-refractivity contribution in [1.29, 1.82) is 0 Å². The van der Waals surface area contributed by atoms with Crippen molar-refractivity contribution in [2.75, 3.05) is 0 Å². The molecule has 0 N–H and O–H groups in total. The van der Waals surface area contributed by atoms with Gasteiger partial charge in [-0.15, -0.1) is 0 Å². The average Bonchev–Trinajstić information content (AvgIpc) is 2.43. The summed E-state index contributed by atoms with van der Waals surface area (Å²) >= 11 is 5.93. The van der Waals surface area contributed by atoms with Crippen LogP contribution in [0.25, 0.3) is 11.0 Å². The van der Waals surface area contributed by atoms with Crippen molar-refractivity contribution in [3.8, 4) is 0 Å². The lowest BCUT2D eigenvalue weighted by Gasteiger charge is -2.01. The second-order valence-electron chi connectivity index (χ2n) is 3.87. The van der Waals surface area contributed by atoms with Crippen LogP contribution in [0.15, 0.2) is 18.5 Å². The van der Waals surface area contributed by atoms with Gasteiger partial charge < -0.3 is 4.57 Å². The average molecular weight is 209 g/mol. The van der Waals surface area contributed by atoms with Gasteiger partial charge in [0.2, 0.25) is 0 Å². The van der Waals surface area contributed by atoms with E-state index in [1.807, 2.05) is 17.7 Å². The first-order valence-corrected chi connectivity index (χ1v) is 5.08. The normalized spacial score (nSPS) is 11.5. The summed E-state index contributed by atoms with van der Waals surface area (Å²) in [4.78, 5) is 4.31. The molecule has 2 rings (SSSR count). The zero-order valence-corrected chi connectivity index (χ0v) is 9.34. The predicted molar refractivity (Wildman–Crippen MR) is 59.8 cm³/mol. The van der Waals surface area contributed by atoms with Crippen LogP contribution in [0.2, 0.25) is 5.02 Å². The fourth-order valence-corrected chi connectivity index (χ4v) is 1.88. The number of rotatable bonds is 1. The molecule has 2 aromatic heterocycles. The van der Waals surface area contributed by atoms with Crippen LogP contribution < -0.4 is 0 Å². The molecular weight excluding hydrogens is 196 g/mol. The summed E-state index contributed by atoms with van der Waals surface area (Å²) in [6.45, 7) is 4.35. The molecule has 2 heterocycles. The highest BCUT2D eigenvalue weighted by molar-refractivity contribution is 6.31. The van der Waals surface area contributed by atoms with Crippen molar-refractivity contribution in [2.24, 2.45) is 7.05 Å². The van der Waals surface area contributed by atoms with Gasteiger partial charge in [0.15, 0.2) is 0 Å².